The number of amides is 2. The van der Waals surface area contributed by atoms with E-state index in [2.05, 4.69) is 24.5 Å². The normalized spacial score (nSPS) is 12.2. The first-order chi connectivity index (χ1) is 13.2. The molecular weight excluding hydrogens is 352 g/mol. The van der Waals surface area contributed by atoms with E-state index in [9.17, 15) is 9.59 Å². The van der Waals surface area contributed by atoms with E-state index in [0.29, 0.717) is 22.9 Å². The summed E-state index contributed by atoms with van der Waals surface area (Å²) in [4.78, 5) is 24.9. The molecular formula is C23H30N2O3. The second kappa shape index (κ2) is 9.40. The lowest BCUT2D eigenvalue weighted by Crippen LogP contribution is -2.41. The molecule has 0 aliphatic carbocycles. The Morgan fingerprint density at radius 3 is 2.36 bits per heavy atom. The molecule has 0 aromatic heterocycles. The molecule has 0 heterocycles. The van der Waals surface area contributed by atoms with Crippen LogP contribution in [0.25, 0.3) is 0 Å². The molecule has 1 unspecified atom stereocenters. The molecule has 28 heavy (non-hydrogen) atoms. The minimum absolute atomic E-state index is 0.122. The molecule has 5 nitrogen and oxygen atoms in total. The van der Waals surface area contributed by atoms with Gasteiger partial charge in [-0.1, -0.05) is 44.2 Å². The fourth-order valence-electron chi connectivity index (χ4n) is 2.77. The maximum Gasteiger partial charge on any atom is 0.262 e. The summed E-state index contributed by atoms with van der Waals surface area (Å²) >= 11 is 0. The van der Waals surface area contributed by atoms with Crippen molar-refractivity contribution in [3.05, 3.63) is 59.7 Å². The van der Waals surface area contributed by atoms with E-state index >= 15 is 0 Å². The Morgan fingerprint density at radius 2 is 1.68 bits per heavy atom. The largest absolute Gasteiger partial charge is 0.483 e. The zero-order valence-electron chi connectivity index (χ0n) is 17.3. The number of hydrogen-bond acceptors (Lipinski definition) is 3. The lowest BCUT2D eigenvalue weighted by atomic mass is 9.98. The van der Waals surface area contributed by atoms with E-state index in [0.717, 1.165) is 12.0 Å². The van der Waals surface area contributed by atoms with Crippen LogP contribution in [0.5, 0.6) is 5.75 Å². The standard InChI is InChI=1S/C23H30N2O3/c1-6-16(2)17-11-8-10-14-20(17)28-15-21(26)24-19-13-9-7-12-18(19)22(27)25-23(3,4)5/h7-14,16H,6,15H2,1-5H3,(H,24,26)(H,25,27). The van der Waals surface area contributed by atoms with Crippen molar-refractivity contribution in [2.24, 2.45) is 0 Å². The second-order valence-corrected chi connectivity index (χ2v) is 7.93. The van der Waals surface area contributed by atoms with Crippen molar-refractivity contribution in [1.29, 1.82) is 0 Å². The van der Waals surface area contributed by atoms with Gasteiger partial charge in [0.1, 0.15) is 5.75 Å². The van der Waals surface area contributed by atoms with Gasteiger partial charge in [0.2, 0.25) is 0 Å². The number of ether oxygens (including phenoxy) is 1. The predicted octanol–water partition coefficient (Wildman–Crippen LogP) is 4.75. The van der Waals surface area contributed by atoms with Gasteiger partial charge >= 0.3 is 0 Å². The third kappa shape index (κ3) is 6.12. The molecule has 1 atom stereocenters. The molecule has 2 rings (SSSR count). The smallest absolute Gasteiger partial charge is 0.262 e. The van der Waals surface area contributed by atoms with Crippen LogP contribution < -0.4 is 15.4 Å². The molecule has 0 spiro atoms. The number of hydrogen-bond donors (Lipinski definition) is 2. The number of carbonyl (C=O) groups excluding carboxylic acids is 2. The molecule has 2 amide bonds. The van der Waals surface area contributed by atoms with Gasteiger partial charge in [-0.05, 0) is 56.9 Å². The van der Waals surface area contributed by atoms with Gasteiger partial charge in [-0.3, -0.25) is 9.59 Å². The first kappa shape index (κ1) is 21.5. The fourth-order valence-corrected chi connectivity index (χ4v) is 2.77. The number of para-hydroxylation sites is 2. The molecule has 0 saturated heterocycles. The maximum atomic E-state index is 12.5. The Bertz CT molecular complexity index is 825. The van der Waals surface area contributed by atoms with E-state index in [1.54, 1.807) is 24.3 Å². The van der Waals surface area contributed by atoms with Crippen LogP contribution in [0.4, 0.5) is 5.69 Å². The van der Waals surface area contributed by atoms with Gasteiger partial charge in [0.05, 0.1) is 11.3 Å². The molecule has 2 aromatic rings. The van der Waals surface area contributed by atoms with Gasteiger partial charge < -0.3 is 15.4 Å². The van der Waals surface area contributed by atoms with E-state index in [1.807, 2.05) is 45.0 Å². The van der Waals surface area contributed by atoms with Gasteiger partial charge in [0.25, 0.3) is 11.8 Å². The maximum absolute atomic E-state index is 12.5. The summed E-state index contributed by atoms with van der Waals surface area (Å²) in [7, 11) is 0. The Balaban J connectivity index is 2.06. The molecule has 2 N–H and O–H groups in total. The quantitative estimate of drug-likeness (QED) is 0.726. The van der Waals surface area contributed by atoms with Gasteiger partial charge in [-0.25, -0.2) is 0 Å². The minimum atomic E-state index is -0.364. The SMILES string of the molecule is CCC(C)c1ccccc1OCC(=O)Nc1ccccc1C(=O)NC(C)(C)C. The van der Waals surface area contributed by atoms with Gasteiger partial charge in [0.15, 0.2) is 6.61 Å². The monoisotopic (exact) mass is 382 g/mol. The number of benzene rings is 2. The average molecular weight is 383 g/mol. The summed E-state index contributed by atoms with van der Waals surface area (Å²) in [5.41, 5.74) is 1.61. The number of carbonyl (C=O) groups is 2. The molecule has 0 aliphatic rings. The molecule has 150 valence electrons. The average Bonchev–Trinajstić information content (AvgIpc) is 2.65. The van der Waals surface area contributed by atoms with Crippen molar-refractivity contribution in [1.82, 2.24) is 5.32 Å². The summed E-state index contributed by atoms with van der Waals surface area (Å²) in [5.74, 6) is 0.522. The number of nitrogens with one attached hydrogen (secondary N) is 2. The summed E-state index contributed by atoms with van der Waals surface area (Å²) in [6.45, 7) is 9.86. The zero-order chi connectivity index (χ0) is 20.7. The number of rotatable bonds is 7. The molecule has 0 fully saturated rings. The third-order valence-electron chi connectivity index (χ3n) is 4.36. The van der Waals surface area contributed by atoms with Gasteiger partial charge in [-0.15, -0.1) is 0 Å². The predicted molar refractivity (Wildman–Crippen MR) is 113 cm³/mol. The summed E-state index contributed by atoms with van der Waals surface area (Å²) in [6, 6.07) is 14.7. The zero-order valence-corrected chi connectivity index (χ0v) is 17.3. The van der Waals surface area contributed by atoms with Crippen molar-refractivity contribution in [3.63, 3.8) is 0 Å². The number of anilines is 1. The highest BCUT2D eigenvalue weighted by atomic mass is 16.5. The molecule has 0 saturated carbocycles. The van der Waals surface area contributed by atoms with Crippen LogP contribution in [-0.4, -0.2) is 24.0 Å². The summed E-state index contributed by atoms with van der Waals surface area (Å²) < 4.78 is 5.76. The highest BCUT2D eigenvalue weighted by Crippen LogP contribution is 2.28. The van der Waals surface area contributed by atoms with Crippen LogP contribution in [0.15, 0.2) is 48.5 Å². The fraction of sp³-hybridized carbons (Fsp3) is 0.391. The molecule has 2 aromatic carbocycles. The Kier molecular flexibility index (Phi) is 7.21. The molecule has 0 aliphatic heterocycles. The van der Waals surface area contributed by atoms with Crippen LogP contribution in [0.2, 0.25) is 0 Å². The van der Waals surface area contributed by atoms with Crippen molar-refractivity contribution >= 4 is 17.5 Å². The highest BCUT2D eigenvalue weighted by molar-refractivity contribution is 6.04. The topological polar surface area (TPSA) is 67.4 Å². The van der Waals surface area contributed by atoms with Crippen molar-refractivity contribution in [3.8, 4) is 5.75 Å². The first-order valence-electron chi connectivity index (χ1n) is 9.64. The van der Waals surface area contributed by atoms with Crippen molar-refractivity contribution in [2.75, 3.05) is 11.9 Å². The van der Waals surface area contributed by atoms with Crippen LogP contribution in [0.1, 0.15) is 62.9 Å². The Hall–Kier alpha value is -2.82. The Morgan fingerprint density at radius 1 is 1.04 bits per heavy atom. The molecule has 0 radical (unpaired) electrons. The summed E-state index contributed by atoms with van der Waals surface area (Å²) in [5, 5.41) is 5.70. The van der Waals surface area contributed by atoms with E-state index in [-0.39, 0.29) is 24.0 Å². The molecule has 5 heteroatoms. The minimum Gasteiger partial charge on any atom is -0.483 e. The van der Waals surface area contributed by atoms with Crippen LogP contribution in [-0.2, 0) is 4.79 Å². The van der Waals surface area contributed by atoms with E-state index in [4.69, 9.17) is 4.74 Å². The Labute approximate surface area is 167 Å². The van der Waals surface area contributed by atoms with Crippen LogP contribution in [0, 0.1) is 0 Å². The van der Waals surface area contributed by atoms with Crippen molar-refractivity contribution < 1.29 is 14.3 Å². The lowest BCUT2D eigenvalue weighted by Gasteiger charge is -2.21. The summed E-state index contributed by atoms with van der Waals surface area (Å²) in [6.07, 6.45) is 0.989. The van der Waals surface area contributed by atoms with Gasteiger partial charge in [-0.2, -0.15) is 0 Å². The second-order valence-electron chi connectivity index (χ2n) is 7.93. The van der Waals surface area contributed by atoms with Gasteiger partial charge in [0, 0.05) is 5.54 Å². The lowest BCUT2D eigenvalue weighted by molar-refractivity contribution is -0.118. The van der Waals surface area contributed by atoms with Crippen molar-refractivity contribution in [2.45, 2.75) is 52.5 Å². The highest BCUT2D eigenvalue weighted by Gasteiger charge is 2.19. The molecule has 0 bridgehead atoms. The third-order valence-corrected chi connectivity index (χ3v) is 4.36. The van der Waals surface area contributed by atoms with Crippen LogP contribution in [0.3, 0.4) is 0 Å². The first-order valence-corrected chi connectivity index (χ1v) is 9.64. The van der Waals surface area contributed by atoms with E-state index in [1.165, 1.54) is 0 Å². The van der Waals surface area contributed by atoms with E-state index < -0.39 is 0 Å². The van der Waals surface area contributed by atoms with Crippen LogP contribution >= 0.6 is 0 Å².